The Hall–Kier alpha value is -3.53. The average molecular weight is 353 g/mol. The number of rotatable bonds is 2. The van der Waals surface area contributed by atoms with E-state index in [4.69, 9.17) is 0 Å². The minimum Gasteiger partial charge on any atom is -0.212 e. The Labute approximate surface area is 155 Å². The van der Waals surface area contributed by atoms with Gasteiger partial charge in [0.05, 0.1) is 17.2 Å². The summed E-state index contributed by atoms with van der Waals surface area (Å²) in [5.74, 6) is -0.263. The van der Waals surface area contributed by atoms with E-state index in [0.29, 0.717) is 0 Å². The van der Waals surface area contributed by atoms with Gasteiger partial charge in [-0.15, -0.1) is 5.10 Å². The number of benzene rings is 3. The highest BCUT2D eigenvalue weighted by Gasteiger charge is 2.16. The molecule has 0 amide bonds. The third-order valence-electron chi connectivity index (χ3n) is 4.91. The van der Waals surface area contributed by atoms with Crippen LogP contribution >= 0.6 is 0 Å². The molecule has 0 bridgehead atoms. The lowest BCUT2D eigenvalue weighted by molar-refractivity contribution is 0.629. The van der Waals surface area contributed by atoms with Crippen LogP contribution in [0.15, 0.2) is 79.0 Å². The lowest BCUT2D eigenvalue weighted by atomic mass is 9.94. The maximum Gasteiger partial charge on any atom is 0.123 e. The van der Waals surface area contributed by atoms with Crippen LogP contribution in [0, 0.1) is 12.7 Å². The van der Waals surface area contributed by atoms with Crippen LogP contribution in [-0.4, -0.2) is 14.8 Å². The third kappa shape index (κ3) is 2.49. The molecule has 4 heteroatoms. The highest BCUT2D eigenvalue weighted by molar-refractivity contribution is 5.95. The SMILES string of the molecule is Cc1ccc(/C(c2ccccc2)=c2/c3cc(F)ccc3n3nncc23)cc1. The van der Waals surface area contributed by atoms with Gasteiger partial charge >= 0.3 is 0 Å². The fraction of sp³-hybridized carbons (Fsp3) is 0.0435. The van der Waals surface area contributed by atoms with Crippen molar-refractivity contribution in [1.82, 2.24) is 14.8 Å². The van der Waals surface area contributed by atoms with Crippen LogP contribution in [-0.2, 0) is 0 Å². The van der Waals surface area contributed by atoms with Gasteiger partial charge in [0.2, 0.25) is 0 Å². The van der Waals surface area contributed by atoms with Gasteiger partial charge in [-0.25, -0.2) is 8.91 Å². The Morgan fingerprint density at radius 2 is 1.59 bits per heavy atom. The first-order chi connectivity index (χ1) is 13.2. The molecular formula is C23H16FN3. The monoisotopic (exact) mass is 353 g/mol. The number of hydrogen-bond donors (Lipinski definition) is 0. The molecule has 130 valence electrons. The first-order valence-corrected chi connectivity index (χ1v) is 8.80. The number of aromatic nitrogens is 3. The van der Waals surface area contributed by atoms with E-state index in [0.717, 1.165) is 38.3 Å². The second-order valence-electron chi connectivity index (χ2n) is 6.67. The predicted octanol–water partition coefficient (Wildman–Crippen LogP) is 4.30. The molecule has 3 aromatic carbocycles. The summed E-state index contributed by atoms with van der Waals surface area (Å²) in [6.07, 6.45) is 1.74. The Kier molecular flexibility index (Phi) is 3.50. The number of halogens is 1. The molecule has 2 heterocycles. The van der Waals surface area contributed by atoms with Crippen molar-refractivity contribution in [1.29, 1.82) is 0 Å². The molecule has 0 unspecified atom stereocenters. The van der Waals surface area contributed by atoms with E-state index in [1.165, 1.54) is 11.6 Å². The normalized spacial score (nSPS) is 12.7. The molecule has 0 saturated heterocycles. The maximum absolute atomic E-state index is 14.1. The van der Waals surface area contributed by atoms with Crippen molar-refractivity contribution in [3.05, 3.63) is 107 Å². The minimum absolute atomic E-state index is 0.263. The van der Waals surface area contributed by atoms with E-state index in [1.54, 1.807) is 22.8 Å². The van der Waals surface area contributed by atoms with Crippen LogP contribution < -0.4 is 5.22 Å². The second kappa shape index (κ2) is 6.02. The van der Waals surface area contributed by atoms with Crippen LogP contribution in [0.2, 0.25) is 0 Å². The quantitative estimate of drug-likeness (QED) is 0.474. The summed E-state index contributed by atoms with van der Waals surface area (Å²) in [6, 6.07) is 23.4. The van der Waals surface area contributed by atoms with Gasteiger partial charge in [0.1, 0.15) is 5.82 Å². The first kappa shape index (κ1) is 15.7. The zero-order chi connectivity index (χ0) is 18.4. The predicted molar refractivity (Wildman–Crippen MR) is 105 cm³/mol. The Morgan fingerprint density at radius 3 is 2.37 bits per heavy atom. The molecule has 0 N–H and O–H groups in total. The van der Waals surface area contributed by atoms with E-state index in [1.807, 2.05) is 18.2 Å². The topological polar surface area (TPSA) is 30.2 Å². The summed E-state index contributed by atoms with van der Waals surface area (Å²) >= 11 is 0. The van der Waals surface area contributed by atoms with Gasteiger partial charge in [0.25, 0.3) is 0 Å². The van der Waals surface area contributed by atoms with Gasteiger partial charge in [0.15, 0.2) is 0 Å². The molecule has 0 fully saturated rings. The average Bonchev–Trinajstić information content (AvgIpc) is 3.26. The molecule has 0 atom stereocenters. The highest BCUT2D eigenvalue weighted by Crippen LogP contribution is 2.25. The number of fused-ring (bicyclic) bond motifs is 3. The van der Waals surface area contributed by atoms with E-state index in [-0.39, 0.29) is 5.82 Å². The standard InChI is InChI=1S/C23H16FN3/c1-15-7-9-17(10-8-15)22(16-5-3-2-4-6-16)23-19-13-18(24)11-12-20(19)27-21(23)14-25-26-27/h2-14H,1H3/b23-22-. The van der Waals surface area contributed by atoms with Crippen LogP contribution in [0.5, 0.6) is 0 Å². The zero-order valence-electron chi connectivity index (χ0n) is 14.7. The van der Waals surface area contributed by atoms with Crippen molar-refractivity contribution in [2.45, 2.75) is 6.92 Å². The van der Waals surface area contributed by atoms with Crippen LogP contribution in [0.25, 0.3) is 22.0 Å². The number of aryl methyl sites for hydroxylation is 1. The summed E-state index contributed by atoms with van der Waals surface area (Å²) in [4.78, 5) is 0. The van der Waals surface area contributed by atoms with E-state index >= 15 is 0 Å². The van der Waals surface area contributed by atoms with Crippen LogP contribution in [0.1, 0.15) is 16.7 Å². The summed E-state index contributed by atoms with van der Waals surface area (Å²) in [5, 5.41) is 10.1. The molecule has 0 aliphatic carbocycles. The molecule has 0 spiro atoms. The van der Waals surface area contributed by atoms with E-state index in [9.17, 15) is 4.39 Å². The Balaban J connectivity index is 2.04. The molecule has 0 aliphatic heterocycles. The van der Waals surface area contributed by atoms with Crippen molar-refractivity contribution in [3.63, 3.8) is 0 Å². The number of nitrogens with zero attached hydrogens (tertiary/aromatic N) is 3. The number of hydrogen-bond acceptors (Lipinski definition) is 2. The van der Waals surface area contributed by atoms with E-state index in [2.05, 4.69) is 53.6 Å². The maximum atomic E-state index is 14.1. The van der Waals surface area contributed by atoms with E-state index < -0.39 is 0 Å². The van der Waals surface area contributed by atoms with Crippen molar-refractivity contribution < 1.29 is 4.39 Å². The molecule has 5 aromatic rings. The van der Waals surface area contributed by atoms with Gasteiger partial charge in [-0.1, -0.05) is 65.4 Å². The molecule has 3 nitrogen and oxygen atoms in total. The van der Waals surface area contributed by atoms with Gasteiger partial charge < -0.3 is 0 Å². The van der Waals surface area contributed by atoms with Gasteiger partial charge in [-0.2, -0.15) is 0 Å². The van der Waals surface area contributed by atoms with Crippen molar-refractivity contribution in [2.24, 2.45) is 0 Å². The van der Waals surface area contributed by atoms with Gasteiger partial charge in [-0.3, -0.25) is 0 Å². The lowest BCUT2D eigenvalue weighted by Crippen LogP contribution is -2.08. The Bertz CT molecular complexity index is 1320. The largest absolute Gasteiger partial charge is 0.212 e. The second-order valence-corrected chi connectivity index (χ2v) is 6.67. The summed E-state index contributed by atoms with van der Waals surface area (Å²) < 4.78 is 15.9. The molecule has 0 radical (unpaired) electrons. The highest BCUT2D eigenvalue weighted by atomic mass is 19.1. The fourth-order valence-corrected chi connectivity index (χ4v) is 3.66. The third-order valence-corrected chi connectivity index (χ3v) is 4.91. The van der Waals surface area contributed by atoms with Crippen molar-refractivity contribution in [2.75, 3.05) is 0 Å². The first-order valence-electron chi connectivity index (χ1n) is 8.80. The zero-order valence-corrected chi connectivity index (χ0v) is 14.7. The van der Waals surface area contributed by atoms with Gasteiger partial charge in [-0.05, 0) is 41.8 Å². The molecule has 27 heavy (non-hydrogen) atoms. The molecule has 5 rings (SSSR count). The minimum atomic E-state index is -0.263. The summed E-state index contributed by atoms with van der Waals surface area (Å²) in [5.41, 5.74) is 6.10. The molecule has 0 saturated carbocycles. The molecule has 0 aliphatic rings. The Morgan fingerprint density at radius 1 is 0.852 bits per heavy atom. The van der Waals surface area contributed by atoms with Crippen molar-refractivity contribution >= 4 is 22.0 Å². The van der Waals surface area contributed by atoms with Crippen LogP contribution in [0.3, 0.4) is 0 Å². The smallest absolute Gasteiger partial charge is 0.123 e. The van der Waals surface area contributed by atoms with Crippen LogP contribution in [0.4, 0.5) is 4.39 Å². The molecule has 2 aromatic heterocycles. The summed E-state index contributed by atoms with van der Waals surface area (Å²) in [6.45, 7) is 2.07. The fourth-order valence-electron chi connectivity index (χ4n) is 3.66. The van der Waals surface area contributed by atoms with Gasteiger partial charge in [0, 0.05) is 10.6 Å². The molecular weight excluding hydrogens is 337 g/mol. The summed E-state index contributed by atoms with van der Waals surface area (Å²) in [7, 11) is 0. The lowest BCUT2D eigenvalue weighted by Gasteiger charge is -2.09. The van der Waals surface area contributed by atoms with Crippen molar-refractivity contribution in [3.8, 4) is 0 Å².